The van der Waals surface area contributed by atoms with Gasteiger partial charge in [0.25, 0.3) is 0 Å². The van der Waals surface area contributed by atoms with Crippen LogP contribution in [0.5, 0.6) is 0 Å². The molecule has 0 aliphatic heterocycles. The van der Waals surface area contributed by atoms with Crippen LogP contribution in [0.2, 0.25) is 0 Å². The molecule has 0 spiro atoms. The number of hydrogen-bond donors (Lipinski definition) is 0. The maximum absolute atomic E-state index is 2.28. The molecular formula is C10H18SSi. The van der Waals surface area contributed by atoms with E-state index in [4.69, 9.17) is 0 Å². The van der Waals surface area contributed by atoms with Crippen LogP contribution in [0.4, 0.5) is 0 Å². The van der Waals surface area contributed by atoms with Crippen LogP contribution in [0.15, 0.2) is 11.4 Å². The molecule has 0 aliphatic carbocycles. The Morgan fingerprint density at radius 1 is 1.33 bits per heavy atom. The first-order valence-electron chi connectivity index (χ1n) is 4.87. The van der Waals surface area contributed by atoms with Crippen molar-refractivity contribution in [3.8, 4) is 0 Å². The van der Waals surface area contributed by atoms with E-state index in [9.17, 15) is 0 Å². The Bertz CT molecular complexity index is 217. The largest absolute Gasteiger partial charge is 0.149 e. The Kier molecular flexibility index (Phi) is 4.62. The van der Waals surface area contributed by atoms with E-state index in [1.54, 1.807) is 10.1 Å². The normalized spacial score (nSPS) is 10.8. The molecule has 0 N–H and O–H groups in total. The summed E-state index contributed by atoms with van der Waals surface area (Å²) >= 11 is 1.94. The van der Waals surface area contributed by atoms with Crippen molar-refractivity contribution in [1.29, 1.82) is 0 Å². The van der Waals surface area contributed by atoms with Crippen LogP contribution in [-0.4, -0.2) is 10.2 Å². The summed E-state index contributed by atoms with van der Waals surface area (Å²) in [6.07, 6.45) is 6.88. The molecule has 12 heavy (non-hydrogen) atoms. The lowest BCUT2D eigenvalue weighted by atomic mass is 10.1. The highest BCUT2D eigenvalue weighted by Gasteiger charge is 1.98. The molecule has 0 bridgehead atoms. The summed E-state index contributed by atoms with van der Waals surface area (Å²) in [5.41, 5.74) is 0. The molecule has 0 radical (unpaired) electrons. The second kappa shape index (κ2) is 5.54. The molecule has 68 valence electrons. The SMILES string of the molecule is CCCCCCc1sccc1[SiH3]. The predicted molar refractivity (Wildman–Crippen MR) is 61.7 cm³/mol. The summed E-state index contributed by atoms with van der Waals surface area (Å²) < 4.78 is 0. The summed E-state index contributed by atoms with van der Waals surface area (Å²) in [5.74, 6) is 0. The lowest BCUT2D eigenvalue weighted by Gasteiger charge is -1.98. The van der Waals surface area contributed by atoms with Gasteiger partial charge in [0.15, 0.2) is 0 Å². The van der Waals surface area contributed by atoms with Gasteiger partial charge in [-0.25, -0.2) is 0 Å². The zero-order valence-electron chi connectivity index (χ0n) is 8.10. The Labute approximate surface area is 82.4 Å². The Morgan fingerprint density at radius 2 is 2.17 bits per heavy atom. The first-order valence-corrected chi connectivity index (χ1v) is 6.75. The number of unbranched alkanes of at least 4 members (excludes halogenated alkanes) is 3. The van der Waals surface area contributed by atoms with Crippen molar-refractivity contribution in [3.63, 3.8) is 0 Å². The standard InChI is InChI=1S/C10H18SSi/c1-2-3-4-5-6-9-10(12)7-8-11-9/h7-8H,2-6H2,1,12H3. The second-order valence-electron chi connectivity index (χ2n) is 3.34. The Balaban J connectivity index is 2.20. The lowest BCUT2D eigenvalue weighted by molar-refractivity contribution is 0.671. The number of rotatable bonds is 5. The molecule has 2 heteroatoms. The molecular weight excluding hydrogens is 180 g/mol. The summed E-state index contributed by atoms with van der Waals surface area (Å²) in [7, 11) is 1.23. The minimum absolute atomic E-state index is 1.23. The van der Waals surface area contributed by atoms with E-state index in [1.807, 2.05) is 11.3 Å². The van der Waals surface area contributed by atoms with Gasteiger partial charge in [0.2, 0.25) is 0 Å². The van der Waals surface area contributed by atoms with Gasteiger partial charge in [0.05, 0.1) is 0 Å². The minimum Gasteiger partial charge on any atom is -0.149 e. The summed E-state index contributed by atoms with van der Waals surface area (Å²) in [6.45, 7) is 2.27. The maximum Gasteiger partial charge on any atom is 0.0399 e. The average molecular weight is 198 g/mol. The maximum atomic E-state index is 2.28. The van der Waals surface area contributed by atoms with Gasteiger partial charge in [0.1, 0.15) is 0 Å². The molecule has 0 nitrogen and oxygen atoms in total. The third kappa shape index (κ3) is 3.11. The van der Waals surface area contributed by atoms with E-state index < -0.39 is 0 Å². The number of thiophene rings is 1. The van der Waals surface area contributed by atoms with Crippen LogP contribution in [0.3, 0.4) is 0 Å². The van der Waals surface area contributed by atoms with Crippen LogP contribution in [0.1, 0.15) is 37.5 Å². The first-order chi connectivity index (χ1) is 5.84. The summed E-state index contributed by atoms with van der Waals surface area (Å²) in [6, 6.07) is 2.28. The molecule has 0 saturated carbocycles. The third-order valence-corrected chi connectivity index (χ3v) is 4.61. The van der Waals surface area contributed by atoms with Crippen molar-refractivity contribution in [2.75, 3.05) is 0 Å². The molecule has 1 aromatic rings. The quantitative estimate of drug-likeness (QED) is 0.500. The minimum atomic E-state index is 1.23. The van der Waals surface area contributed by atoms with Crippen LogP contribution in [0, 0.1) is 0 Å². The zero-order chi connectivity index (χ0) is 8.81. The molecule has 1 heterocycles. The summed E-state index contributed by atoms with van der Waals surface area (Å²) in [5, 5.41) is 3.86. The van der Waals surface area contributed by atoms with Crippen molar-refractivity contribution >= 4 is 26.8 Å². The van der Waals surface area contributed by atoms with Gasteiger partial charge in [-0.3, -0.25) is 0 Å². The fourth-order valence-electron chi connectivity index (χ4n) is 1.37. The van der Waals surface area contributed by atoms with E-state index >= 15 is 0 Å². The number of aryl methyl sites for hydroxylation is 1. The van der Waals surface area contributed by atoms with Gasteiger partial charge in [-0.1, -0.05) is 37.4 Å². The zero-order valence-corrected chi connectivity index (χ0v) is 10.9. The highest BCUT2D eigenvalue weighted by molar-refractivity contribution is 7.11. The fraction of sp³-hybridized carbons (Fsp3) is 0.600. The van der Waals surface area contributed by atoms with Gasteiger partial charge in [0, 0.05) is 15.1 Å². The van der Waals surface area contributed by atoms with Crippen LogP contribution in [0.25, 0.3) is 0 Å². The average Bonchev–Trinajstić information content (AvgIpc) is 2.46. The molecule has 1 aromatic heterocycles. The highest BCUT2D eigenvalue weighted by atomic mass is 32.1. The van der Waals surface area contributed by atoms with Crippen LogP contribution < -0.4 is 5.19 Å². The monoisotopic (exact) mass is 198 g/mol. The van der Waals surface area contributed by atoms with E-state index in [-0.39, 0.29) is 0 Å². The van der Waals surface area contributed by atoms with E-state index in [2.05, 4.69) is 18.4 Å². The van der Waals surface area contributed by atoms with E-state index in [1.165, 1.54) is 42.3 Å². The lowest BCUT2D eigenvalue weighted by Crippen LogP contribution is -2.03. The topological polar surface area (TPSA) is 0 Å². The van der Waals surface area contributed by atoms with Gasteiger partial charge in [-0.2, -0.15) is 0 Å². The highest BCUT2D eigenvalue weighted by Crippen LogP contribution is 2.10. The molecule has 0 unspecified atom stereocenters. The molecule has 0 saturated heterocycles. The first kappa shape index (κ1) is 10.0. The third-order valence-electron chi connectivity index (χ3n) is 2.23. The smallest absolute Gasteiger partial charge is 0.0399 e. The molecule has 0 aromatic carbocycles. The van der Waals surface area contributed by atoms with Crippen molar-refractivity contribution in [2.24, 2.45) is 0 Å². The van der Waals surface area contributed by atoms with E-state index in [0.29, 0.717) is 0 Å². The number of hydrogen-bond acceptors (Lipinski definition) is 1. The second-order valence-corrected chi connectivity index (χ2v) is 5.42. The summed E-state index contributed by atoms with van der Waals surface area (Å²) in [4.78, 5) is 1.65. The Morgan fingerprint density at radius 3 is 2.75 bits per heavy atom. The van der Waals surface area contributed by atoms with Gasteiger partial charge < -0.3 is 0 Å². The van der Waals surface area contributed by atoms with Crippen molar-refractivity contribution in [3.05, 3.63) is 16.3 Å². The fourth-order valence-corrected chi connectivity index (χ4v) is 3.34. The molecule has 0 aliphatic rings. The predicted octanol–water partition coefficient (Wildman–Crippen LogP) is 1.86. The van der Waals surface area contributed by atoms with Gasteiger partial charge >= 0.3 is 0 Å². The van der Waals surface area contributed by atoms with Crippen LogP contribution in [-0.2, 0) is 6.42 Å². The Hall–Kier alpha value is -0.0831. The van der Waals surface area contributed by atoms with Crippen molar-refractivity contribution < 1.29 is 0 Å². The van der Waals surface area contributed by atoms with Crippen molar-refractivity contribution in [2.45, 2.75) is 39.0 Å². The van der Waals surface area contributed by atoms with Gasteiger partial charge in [-0.05, 0) is 18.2 Å². The molecule has 1 rings (SSSR count). The molecule has 0 fully saturated rings. The molecule has 0 atom stereocenters. The van der Waals surface area contributed by atoms with E-state index in [0.717, 1.165) is 0 Å². The van der Waals surface area contributed by atoms with Crippen molar-refractivity contribution in [1.82, 2.24) is 0 Å². The van der Waals surface area contributed by atoms with Crippen LogP contribution >= 0.6 is 11.3 Å². The molecule has 0 amide bonds. The van der Waals surface area contributed by atoms with Gasteiger partial charge in [-0.15, -0.1) is 11.3 Å².